The second-order valence-electron chi connectivity index (χ2n) is 2.19. The van der Waals surface area contributed by atoms with Crippen molar-refractivity contribution in [2.24, 2.45) is 0 Å². The third-order valence-corrected chi connectivity index (χ3v) is 1.19. The van der Waals surface area contributed by atoms with E-state index in [0.717, 1.165) is 0 Å². The first kappa shape index (κ1) is 10.3. The van der Waals surface area contributed by atoms with Crippen LogP contribution in [0.2, 0.25) is 0 Å². The van der Waals surface area contributed by atoms with Gasteiger partial charge in [-0.3, -0.25) is 0 Å². The minimum absolute atomic E-state index is 0.142. The van der Waals surface area contributed by atoms with Crippen LogP contribution in [0.1, 0.15) is 19.3 Å². The molecule has 1 unspecified atom stereocenters. The molecule has 0 N–H and O–H groups in total. The predicted molar refractivity (Wildman–Crippen MR) is 39.2 cm³/mol. The molecule has 0 aromatic carbocycles. The van der Waals surface area contributed by atoms with Gasteiger partial charge in [-0.2, -0.15) is 8.78 Å². The van der Waals surface area contributed by atoms with Crippen molar-refractivity contribution in [3.63, 3.8) is 0 Å². The maximum Gasteiger partial charge on any atom is 0.269 e. The van der Waals surface area contributed by atoms with E-state index < -0.39 is 12.3 Å². The van der Waals surface area contributed by atoms with Crippen LogP contribution < -0.4 is 0 Å². The molecule has 0 rings (SSSR count). The lowest BCUT2D eigenvalue weighted by Crippen LogP contribution is -1.94. The molecule has 0 aliphatic carbocycles. The molecule has 0 aromatic rings. The quantitative estimate of drug-likeness (QED) is 0.431. The highest BCUT2D eigenvalue weighted by Crippen LogP contribution is 2.10. The Kier molecular flexibility index (Phi) is 5.61. The summed E-state index contributed by atoms with van der Waals surface area (Å²) in [6.07, 6.45) is -0.110. The number of hydrogen-bond donors (Lipinski definition) is 0. The second-order valence-corrected chi connectivity index (χ2v) is 2.19. The van der Waals surface area contributed by atoms with E-state index in [1.807, 2.05) is 0 Å². The molecule has 0 aliphatic heterocycles. The highest BCUT2D eigenvalue weighted by atomic mass is 19.3. The SMILES string of the molecule is C=CCCCC(F)C=C(F)F. The summed E-state index contributed by atoms with van der Waals surface area (Å²) in [5.74, 6) is 0. The molecule has 11 heavy (non-hydrogen) atoms. The van der Waals surface area contributed by atoms with E-state index in [4.69, 9.17) is 0 Å². The van der Waals surface area contributed by atoms with E-state index in [1.165, 1.54) is 0 Å². The van der Waals surface area contributed by atoms with Crippen molar-refractivity contribution in [1.29, 1.82) is 0 Å². The van der Waals surface area contributed by atoms with Crippen LogP contribution in [0.4, 0.5) is 13.2 Å². The topological polar surface area (TPSA) is 0 Å². The van der Waals surface area contributed by atoms with Crippen molar-refractivity contribution in [2.45, 2.75) is 25.4 Å². The van der Waals surface area contributed by atoms with Crippen LogP contribution in [0.15, 0.2) is 24.8 Å². The molecule has 3 heteroatoms. The first-order chi connectivity index (χ1) is 5.16. The number of unbranched alkanes of at least 4 members (excludes halogenated alkanes) is 1. The lowest BCUT2D eigenvalue weighted by Gasteiger charge is -1.98. The zero-order chi connectivity index (χ0) is 8.69. The predicted octanol–water partition coefficient (Wildman–Crippen LogP) is 3.46. The summed E-state index contributed by atoms with van der Waals surface area (Å²) < 4.78 is 35.2. The number of allylic oxidation sites excluding steroid dienone is 2. The second kappa shape index (κ2) is 6.01. The lowest BCUT2D eigenvalue weighted by molar-refractivity contribution is 0.343. The summed E-state index contributed by atoms with van der Waals surface area (Å²) in [4.78, 5) is 0. The normalized spacial score (nSPS) is 12.3. The van der Waals surface area contributed by atoms with Gasteiger partial charge in [-0.05, 0) is 19.3 Å². The molecule has 0 bridgehead atoms. The highest BCUT2D eigenvalue weighted by molar-refractivity contribution is 4.88. The minimum Gasteiger partial charge on any atom is -0.243 e. The van der Waals surface area contributed by atoms with Gasteiger partial charge in [0.05, 0.1) is 0 Å². The third-order valence-electron chi connectivity index (χ3n) is 1.19. The van der Waals surface area contributed by atoms with Crippen LogP contribution in [0.5, 0.6) is 0 Å². The fourth-order valence-corrected chi connectivity index (χ4v) is 0.677. The van der Waals surface area contributed by atoms with Crippen LogP contribution >= 0.6 is 0 Å². The van der Waals surface area contributed by atoms with Crippen molar-refractivity contribution < 1.29 is 13.2 Å². The van der Waals surface area contributed by atoms with Gasteiger partial charge in [-0.15, -0.1) is 6.58 Å². The minimum atomic E-state index is -1.95. The number of halogens is 3. The molecule has 64 valence electrons. The lowest BCUT2D eigenvalue weighted by atomic mass is 10.2. The Morgan fingerprint density at radius 1 is 1.45 bits per heavy atom. The van der Waals surface area contributed by atoms with Crippen molar-refractivity contribution in [3.8, 4) is 0 Å². The van der Waals surface area contributed by atoms with Crippen LogP contribution in [-0.4, -0.2) is 6.17 Å². The molecule has 0 amide bonds. The summed E-state index contributed by atoms with van der Waals surface area (Å²) in [6, 6.07) is 0. The zero-order valence-corrected chi connectivity index (χ0v) is 6.19. The van der Waals surface area contributed by atoms with Gasteiger partial charge in [-0.1, -0.05) is 6.08 Å². The first-order valence-electron chi connectivity index (χ1n) is 3.44. The van der Waals surface area contributed by atoms with Crippen LogP contribution in [0.25, 0.3) is 0 Å². The van der Waals surface area contributed by atoms with Crippen LogP contribution in [0.3, 0.4) is 0 Å². The molecule has 0 aromatic heterocycles. The fraction of sp³-hybridized carbons (Fsp3) is 0.500. The summed E-state index contributed by atoms with van der Waals surface area (Å²) in [5, 5.41) is 0. The Labute approximate surface area is 64.4 Å². The standard InChI is InChI=1S/C8H11F3/c1-2-3-4-5-7(9)6-8(10)11/h2,6-7H,1,3-5H2. The molecule has 0 fully saturated rings. The average Bonchev–Trinajstić information content (AvgIpc) is 1.86. The van der Waals surface area contributed by atoms with Gasteiger partial charge in [0.25, 0.3) is 6.08 Å². The number of rotatable bonds is 5. The molecule has 0 aliphatic rings. The molecule has 1 atom stereocenters. The molecule has 0 spiro atoms. The van der Waals surface area contributed by atoms with E-state index in [1.54, 1.807) is 6.08 Å². The molecule has 0 radical (unpaired) electrons. The number of alkyl halides is 1. The largest absolute Gasteiger partial charge is 0.269 e. The van der Waals surface area contributed by atoms with E-state index >= 15 is 0 Å². The number of hydrogen-bond acceptors (Lipinski definition) is 0. The van der Waals surface area contributed by atoms with E-state index in [2.05, 4.69) is 6.58 Å². The Bertz CT molecular complexity index is 136. The van der Waals surface area contributed by atoms with Crippen molar-refractivity contribution in [2.75, 3.05) is 0 Å². The molecule has 0 heterocycles. The van der Waals surface area contributed by atoms with Crippen molar-refractivity contribution in [3.05, 3.63) is 24.8 Å². The van der Waals surface area contributed by atoms with Gasteiger partial charge in [-0.25, -0.2) is 4.39 Å². The summed E-state index contributed by atoms with van der Waals surface area (Å²) in [6.45, 7) is 3.43. The molecular formula is C8H11F3. The molecular weight excluding hydrogens is 153 g/mol. The van der Waals surface area contributed by atoms with E-state index in [0.29, 0.717) is 18.9 Å². The zero-order valence-electron chi connectivity index (χ0n) is 6.19. The first-order valence-corrected chi connectivity index (χ1v) is 3.44. The fourth-order valence-electron chi connectivity index (χ4n) is 0.677. The smallest absolute Gasteiger partial charge is 0.243 e. The maximum absolute atomic E-state index is 12.4. The Hall–Kier alpha value is -0.730. The summed E-state index contributed by atoms with van der Waals surface area (Å²) >= 11 is 0. The van der Waals surface area contributed by atoms with Gasteiger partial charge in [0, 0.05) is 6.08 Å². The van der Waals surface area contributed by atoms with Crippen molar-refractivity contribution >= 4 is 0 Å². The summed E-state index contributed by atoms with van der Waals surface area (Å²) in [7, 11) is 0. The van der Waals surface area contributed by atoms with Gasteiger partial charge >= 0.3 is 0 Å². The molecule has 0 saturated heterocycles. The molecule has 0 nitrogen and oxygen atoms in total. The average molecular weight is 164 g/mol. The monoisotopic (exact) mass is 164 g/mol. The van der Waals surface area contributed by atoms with Gasteiger partial charge in [0.1, 0.15) is 6.17 Å². The van der Waals surface area contributed by atoms with E-state index in [9.17, 15) is 13.2 Å². The van der Waals surface area contributed by atoms with Gasteiger partial charge in [0.2, 0.25) is 0 Å². The van der Waals surface area contributed by atoms with Crippen LogP contribution in [-0.2, 0) is 0 Å². The van der Waals surface area contributed by atoms with Crippen molar-refractivity contribution in [1.82, 2.24) is 0 Å². The van der Waals surface area contributed by atoms with E-state index in [-0.39, 0.29) is 6.42 Å². The van der Waals surface area contributed by atoms with Gasteiger partial charge < -0.3 is 0 Å². The molecule has 0 saturated carbocycles. The Morgan fingerprint density at radius 3 is 2.55 bits per heavy atom. The Morgan fingerprint density at radius 2 is 2.09 bits per heavy atom. The Balaban J connectivity index is 3.44. The summed E-state index contributed by atoms with van der Waals surface area (Å²) in [5.41, 5.74) is 0. The third kappa shape index (κ3) is 7.16. The van der Waals surface area contributed by atoms with Gasteiger partial charge in [0.15, 0.2) is 0 Å². The highest BCUT2D eigenvalue weighted by Gasteiger charge is 2.03. The maximum atomic E-state index is 12.4. The van der Waals surface area contributed by atoms with Crippen LogP contribution in [0, 0.1) is 0 Å².